The summed E-state index contributed by atoms with van der Waals surface area (Å²) < 4.78 is 34.6. The molecule has 4 rings (SSSR count). The molecule has 0 spiro atoms. The van der Waals surface area contributed by atoms with E-state index in [1.807, 2.05) is 51.1 Å². The number of rotatable bonds is 13. The number of nitrogens with one attached hydrogen (secondary N) is 1. The maximum absolute atomic E-state index is 14.6. The van der Waals surface area contributed by atoms with E-state index in [9.17, 15) is 18.0 Å². The number of anilines is 1. The highest BCUT2D eigenvalue weighted by Crippen LogP contribution is 2.29. The Labute approximate surface area is 280 Å². The SMILES string of the molecule is COc1ccc(S(=O)(=O)N(CC(=O)N(Cc2c(Cl)cccc2Cl)[C@H](Cc2ccccc2)C(=O)NC(C)C)c2ccc(C)cc2)cc1. The number of nitrogens with zero attached hydrogens (tertiary/aromatic N) is 2. The van der Waals surface area contributed by atoms with E-state index in [4.69, 9.17) is 27.9 Å². The lowest BCUT2D eigenvalue weighted by atomic mass is 10.0. The van der Waals surface area contributed by atoms with Gasteiger partial charge in [-0.05, 0) is 74.9 Å². The van der Waals surface area contributed by atoms with Gasteiger partial charge in [-0.25, -0.2) is 8.42 Å². The van der Waals surface area contributed by atoms with Gasteiger partial charge in [-0.15, -0.1) is 0 Å². The summed E-state index contributed by atoms with van der Waals surface area (Å²) in [7, 11) is -2.77. The molecule has 8 nitrogen and oxygen atoms in total. The molecule has 0 heterocycles. The number of ether oxygens (including phenoxy) is 1. The molecule has 4 aromatic carbocycles. The van der Waals surface area contributed by atoms with Crippen LogP contribution in [0.2, 0.25) is 10.0 Å². The minimum absolute atomic E-state index is 0.0271. The van der Waals surface area contributed by atoms with Crippen LogP contribution in [0.3, 0.4) is 0 Å². The molecule has 2 amide bonds. The van der Waals surface area contributed by atoms with Crippen molar-refractivity contribution in [1.82, 2.24) is 10.2 Å². The summed E-state index contributed by atoms with van der Waals surface area (Å²) in [5.41, 5.74) is 2.46. The summed E-state index contributed by atoms with van der Waals surface area (Å²) in [6, 6.07) is 25.8. The fourth-order valence-corrected chi connectivity index (χ4v) is 6.83. The first-order chi connectivity index (χ1) is 21.9. The number of aryl methyl sites for hydroxylation is 1. The number of hydrogen-bond acceptors (Lipinski definition) is 5. The average Bonchev–Trinajstić information content (AvgIpc) is 3.03. The molecule has 0 aromatic heterocycles. The summed E-state index contributed by atoms with van der Waals surface area (Å²) in [5, 5.41) is 3.56. The maximum atomic E-state index is 14.6. The number of halogens is 2. The fraction of sp³-hybridized carbons (Fsp3) is 0.257. The molecular weight excluding hydrogens is 645 g/mol. The van der Waals surface area contributed by atoms with Crippen molar-refractivity contribution in [2.45, 2.75) is 50.7 Å². The molecule has 1 N–H and O–H groups in total. The lowest BCUT2D eigenvalue weighted by Gasteiger charge is -2.34. The molecule has 242 valence electrons. The van der Waals surface area contributed by atoms with E-state index in [2.05, 4.69) is 5.32 Å². The summed E-state index contributed by atoms with van der Waals surface area (Å²) in [5.74, 6) is -0.525. The van der Waals surface area contributed by atoms with Gasteiger partial charge >= 0.3 is 0 Å². The van der Waals surface area contributed by atoms with Gasteiger partial charge in [0.15, 0.2) is 0 Å². The summed E-state index contributed by atoms with van der Waals surface area (Å²) in [4.78, 5) is 29.7. The number of methoxy groups -OCH3 is 1. The van der Waals surface area contributed by atoms with Gasteiger partial charge in [0, 0.05) is 34.6 Å². The van der Waals surface area contributed by atoms with Gasteiger partial charge in [-0.2, -0.15) is 0 Å². The largest absolute Gasteiger partial charge is 0.497 e. The number of amides is 2. The van der Waals surface area contributed by atoms with Crippen molar-refractivity contribution in [3.05, 3.63) is 124 Å². The monoisotopic (exact) mass is 681 g/mol. The van der Waals surface area contributed by atoms with Crippen molar-refractivity contribution in [2.75, 3.05) is 18.0 Å². The van der Waals surface area contributed by atoms with Gasteiger partial charge in [0.25, 0.3) is 10.0 Å². The molecule has 0 aliphatic carbocycles. The van der Waals surface area contributed by atoms with Gasteiger partial charge in [0.05, 0.1) is 17.7 Å². The van der Waals surface area contributed by atoms with E-state index >= 15 is 0 Å². The first kappa shape index (κ1) is 34.8. The number of carbonyl (C=O) groups excluding carboxylic acids is 2. The Bertz CT molecular complexity index is 1730. The van der Waals surface area contributed by atoms with Crippen LogP contribution in [0, 0.1) is 6.92 Å². The Hall–Kier alpha value is -4.05. The van der Waals surface area contributed by atoms with Gasteiger partial charge in [0.2, 0.25) is 11.8 Å². The third-order valence-electron chi connectivity index (χ3n) is 7.34. The second-order valence-electron chi connectivity index (χ2n) is 11.1. The quantitative estimate of drug-likeness (QED) is 0.170. The van der Waals surface area contributed by atoms with Crippen LogP contribution >= 0.6 is 23.2 Å². The van der Waals surface area contributed by atoms with Crippen LogP contribution in [0.25, 0.3) is 0 Å². The van der Waals surface area contributed by atoms with Crippen molar-refractivity contribution in [3.8, 4) is 5.75 Å². The average molecular weight is 683 g/mol. The smallest absolute Gasteiger partial charge is 0.264 e. The number of benzene rings is 4. The van der Waals surface area contributed by atoms with Crippen LogP contribution in [0.5, 0.6) is 5.75 Å². The molecule has 4 aromatic rings. The van der Waals surface area contributed by atoms with Crippen molar-refractivity contribution < 1.29 is 22.7 Å². The molecule has 0 fully saturated rings. The van der Waals surface area contributed by atoms with Gasteiger partial charge in [-0.1, -0.05) is 77.3 Å². The van der Waals surface area contributed by atoms with Gasteiger partial charge in [-0.3, -0.25) is 13.9 Å². The van der Waals surface area contributed by atoms with Crippen molar-refractivity contribution in [2.24, 2.45) is 0 Å². The zero-order valence-corrected chi connectivity index (χ0v) is 28.4. The van der Waals surface area contributed by atoms with Crippen LogP contribution in [-0.4, -0.2) is 50.9 Å². The molecule has 0 saturated heterocycles. The lowest BCUT2D eigenvalue weighted by molar-refractivity contribution is -0.140. The van der Waals surface area contributed by atoms with Crippen LogP contribution in [0.1, 0.15) is 30.5 Å². The van der Waals surface area contributed by atoms with E-state index in [1.54, 1.807) is 54.6 Å². The van der Waals surface area contributed by atoms with Gasteiger partial charge < -0.3 is 15.0 Å². The Morgan fingerprint density at radius 3 is 2.02 bits per heavy atom. The molecule has 1 atom stereocenters. The molecule has 0 bridgehead atoms. The third kappa shape index (κ3) is 8.60. The Morgan fingerprint density at radius 1 is 0.848 bits per heavy atom. The van der Waals surface area contributed by atoms with Crippen LogP contribution < -0.4 is 14.4 Å². The maximum Gasteiger partial charge on any atom is 0.264 e. The van der Waals surface area contributed by atoms with E-state index in [1.165, 1.54) is 24.1 Å². The topological polar surface area (TPSA) is 96.0 Å². The van der Waals surface area contributed by atoms with E-state index < -0.39 is 34.4 Å². The Morgan fingerprint density at radius 2 is 1.46 bits per heavy atom. The summed E-state index contributed by atoms with van der Waals surface area (Å²) >= 11 is 13.1. The third-order valence-corrected chi connectivity index (χ3v) is 9.84. The molecule has 0 radical (unpaired) electrons. The number of hydrogen-bond donors (Lipinski definition) is 1. The molecule has 0 saturated carbocycles. The first-order valence-electron chi connectivity index (χ1n) is 14.7. The Kier molecular flexibility index (Phi) is 11.7. The number of carbonyl (C=O) groups is 2. The van der Waals surface area contributed by atoms with Crippen LogP contribution in [-0.2, 0) is 32.6 Å². The van der Waals surface area contributed by atoms with E-state index in [0.29, 0.717) is 21.4 Å². The molecular formula is C35H37Cl2N3O5S. The van der Waals surface area contributed by atoms with Crippen molar-refractivity contribution in [1.29, 1.82) is 0 Å². The minimum Gasteiger partial charge on any atom is -0.497 e. The predicted octanol–water partition coefficient (Wildman–Crippen LogP) is 6.67. The summed E-state index contributed by atoms with van der Waals surface area (Å²) in [6.45, 7) is 4.81. The molecule has 0 aliphatic heterocycles. The van der Waals surface area contributed by atoms with Crippen molar-refractivity contribution in [3.63, 3.8) is 0 Å². The van der Waals surface area contributed by atoms with E-state index in [-0.39, 0.29) is 29.6 Å². The predicted molar refractivity (Wildman–Crippen MR) is 183 cm³/mol. The van der Waals surface area contributed by atoms with Crippen molar-refractivity contribution >= 4 is 50.7 Å². The zero-order chi connectivity index (χ0) is 33.4. The molecule has 46 heavy (non-hydrogen) atoms. The summed E-state index contributed by atoms with van der Waals surface area (Å²) in [6.07, 6.45) is 0.170. The van der Waals surface area contributed by atoms with Crippen LogP contribution in [0.4, 0.5) is 5.69 Å². The highest BCUT2D eigenvalue weighted by molar-refractivity contribution is 7.92. The Balaban J connectivity index is 1.83. The standard InChI is InChI=1S/C35H37Cl2N3O5S/c1-24(2)38-35(42)33(21-26-9-6-5-7-10-26)39(22-30-31(36)11-8-12-32(30)37)34(41)23-40(27-15-13-25(3)14-16-27)46(43,44)29-19-17-28(45-4)18-20-29/h5-20,24,33H,21-23H2,1-4H3,(H,38,42)/t33-/m1/s1. The molecule has 11 heteroatoms. The van der Waals surface area contributed by atoms with Gasteiger partial charge in [0.1, 0.15) is 18.3 Å². The van der Waals surface area contributed by atoms with Crippen LogP contribution in [0.15, 0.2) is 102 Å². The zero-order valence-electron chi connectivity index (χ0n) is 26.1. The molecule has 0 aliphatic rings. The fourth-order valence-electron chi connectivity index (χ4n) is 4.90. The normalized spacial score (nSPS) is 12.0. The second-order valence-corrected chi connectivity index (χ2v) is 13.8. The highest BCUT2D eigenvalue weighted by Gasteiger charge is 2.35. The minimum atomic E-state index is -4.26. The lowest BCUT2D eigenvalue weighted by Crippen LogP contribution is -2.54. The second kappa shape index (κ2) is 15.5. The highest BCUT2D eigenvalue weighted by atomic mass is 35.5. The molecule has 0 unspecified atom stereocenters. The first-order valence-corrected chi connectivity index (χ1v) is 16.9. The number of sulfonamides is 1. The van der Waals surface area contributed by atoms with E-state index in [0.717, 1.165) is 15.4 Å².